The molecule has 2 fully saturated rings. The van der Waals surface area contributed by atoms with Crippen molar-refractivity contribution >= 4 is 23.4 Å². The van der Waals surface area contributed by atoms with Crippen LogP contribution in [-0.2, 0) is 19.6 Å². The lowest BCUT2D eigenvalue weighted by Crippen LogP contribution is -2.42. The molecule has 2 aromatic heterocycles. The first-order valence-electron chi connectivity index (χ1n) is 11.9. The Morgan fingerprint density at radius 2 is 2.09 bits per heavy atom. The van der Waals surface area contributed by atoms with E-state index in [4.69, 9.17) is 16.3 Å². The van der Waals surface area contributed by atoms with Crippen molar-refractivity contribution in [2.24, 2.45) is 0 Å². The Labute approximate surface area is 203 Å². The standard InChI is InChI=1S/C27H27ClN4O2/c28-21-4-5-22(29-13-21)17-34-26-7-8-32(27(33)12-26)24-6-3-19-9-18(1-2-20(19)10-24)15-31-16-23-11-25(31)14-30-23/h1-2,4-5,7-10,12-13,23,25,30H,3,6,11,14-17H2/t23-,25-/m0/s1. The van der Waals surface area contributed by atoms with Gasteiger partial charge < -0.3 is 10.1 Å². The number of fused-ring (bicyclic) bond motifs is 3. The summed E-state index contributed by atoms with van der Waals surface area (Å²) in [6, 6.07) is 15.1. The summed E-state index contributed by atoms with van der Waals surface area (Å²) in [6.07, 6.45) is 8.59. The number of nitrogens with zero attached hydrogens (tertiary/aromatic N) is 3. The van der Waals surface area contributed by atoms with Gasteiger partial charge in [0.05, 0.1) is 10.7 Å². The molecule has 3 aromatic rings. The van der Waals surface area contributed by atoms with Crippen LogP contribution in [0.5, 0.6) is 5.75 Å². The molecular formula is C27H27ClN4O2. The number of benzene rings is 1. The van der Waals surface area contributed by atoms with E-state index < -0.39 is 0 Å². The Hall–Kier alpha value is -2.93. The Morgan fingerprint density at radius 3 is 2.85 bits per heavy atom. The summed E-state index contributed by atoms with van der Waals surface area (Å²) in [4.78, 5) is 19.6. The van der Waals surface area contributed by atoms with Crippen LogP contribution in [0.25, 0.3) is 11.8 Å². The third kappa shape index (κ3) is 4.41. The average Bonchev–Trinajstić information content (AvgIpc) is 3.47. The number of pyridine rings is 2. The maximum atomic E-state index is 12.8. The van der Waals surface area contributed by atoms with Gasteiger partial charge in [0, 0.05) is 55.9 Å². The van der Waals surface area contributed by atoms with E-state index in [1.165, 1.54) is 29.2 Å². The molecule has 7 heteroatoms. The molecule has 6 rings (SSSR count). The lowest BCUT2D eigenvalue weighted by molar-refractivity contribution is 0.218. The van der Waals surface area contributed by atoms with Crippen LogP contribution in [0.4, 0.5) is 0 Å². The van der Waals surface area contributed by atoms with Gasteiger partial charge >= 0.3 is 0 Å². The first kappa shape index (κ1) is 21.6. The number of hydrogen-bond acceptors (Lipinski definition) is 5. The molecule has 1 aliphatic carbocycles. The van der Waals surface area contributed by atoms with Gasteiger partial charge in [-0.25, -0.2) is 0 Å². The van der Waals surface area contributed by atoms with Gasteiger partial charge in [0.2, 0.25) is 0 Å². The second-order valence-electron chi connectivity index (χ2n) is 9.42. The van der Waals surface area contributed by atoms with Crippen LogP contribution in [0, 0.1) is 0 Å². The highest BCUT2D eigenvalue weighted by atomic mass is 35.5. The smallest absolute Gasteiger partial charge is 0.258 e. The minimum absolute atomic E-state index is 0.0921. The van der Waals surface area contributed by atoms with Gasteiger partial charge in [0.15, 0.2) is 0 Å². The molecule has 2 aliphatic heterocycles. The van der Waals surface area contributed by atoms with Crippen molar-refractivity contribution in [2.45, 2.75) is 44.5 Å². The maximum absolute atomic E-state index is 12.8. The predicted octanol–water partition coefficient (Wildman–Crippen LogP) is 3.97. The van der Waals surface area contributed by atoms with E-state index in [0.29, 0.717) is 22.9 Å². The second-order valence-corrected chi connectivity index (χ2v) is 9.86. The number of allylic oxidation sites excluding steroid dienone is 1. The van der Waals surface area contributed by atoms with Gasteiger partial charge in [-0.05, 0) is 60.2 Å². The molecular weight excluding hydrogens is 448 g/mol. The zero-order valence-corrected chi connectivity index (χ0v) is 19.7. The molecule has 0 saturated carbocycles. The van der Waals surface area contributed by atoms with Crippen molar-refractivity contribution < 1.29 is 4.74 Å². The lowest BCUT2D eigenvalue weighted by Gasteiger charge is -2.27. The number of aryl methyl sites for hydroxylation is 1. The number of nitrogens with one attached hydrogen (secondary N) is 1. The summed E-state index contributed by atoms with van der Waals surface area (Å²) in [5.41, 5.74) is 5.64. The van der Waals surface area contributed by atoms with Crippen LogP contribution in [0.15, 0.2) is 59.7 Å². The van der Waals surface area contributed by atoms with Crippen molar-refractivity contribution in [3.8, 4) is 5.75 Å². The van der Waals surface area contributed by atoms with E-state index in [1.54, 1.807) is 23.0 Å². The first-order chi connectivity index (χ1) is 16.6. The molecule has 1 aromatic carbocycles. The van der Waals surface area contributed by atoms with Crippen molar-refractivity contribution in [1.29, 1.82) is 0 Å². The summed E-state index contributed by atoms with van der Waals surface area (Å²) < 4.78 is 7.47. The van der Waals surface area contributed by atoms with Crippen LogP contribution in [0.3, 0.4) is 0 Å². The number of hydrogen-bond donors (Lipinski definition) is 1. The van der Waals surface area contributed by atoms with Crippen LogP contribution in [0.2, 0.25) is 5.02 Å². The van der Waals surface area contributed by atoms with Crippen LogP contribution < -0.4 is 15.6 Å². The van der Waals surface area contributed by atoms with E-state index in [9.17, 15) is 4.79 Å². The fraction of sp³-hybridized carbons (Fsp3) is 0.333. The summed E-state index contributed by atoms with van der Waals surface area (Å²) in [6.45, 7) is 3.59. The molecule has 0 unspecified atom stereocenters. The van der Waals surface area contributed by atoms with Gasteiger partial charge in [-0.2, -0.15) is 0 Å². The van der Waals surface area contributed by atoms with Crippen LogP contribution in [-0.4, -0.2) is 39.6 Å². The van der Waals surface area contributed by atoms with E-state index in [1.807, 2.05) is 12.1 Å². The summed E-state index contributed by atoms with van der Waals surface area (Å²) in [7, 11) is 0. The van der Waals surface area contributed by atoms with Crippen molar-refractivity contribution in [3.05, 3.63) is 92.6 Å². The highest BCUT2D eigenvalue weighted by Crippen LogP contribution is 2.29. The van der Waals surface area contributed by atoms with Crippen LogP contribution in [0.1, 0.15) is 35.2 Å². The summed E-state index contributed by atoms with van der Waals surface area (Å²) in [5.74, 6) is 0.533. The molecule has 0 radical (unpaired) electrons. The molecule has 6 nitrogen and oxygen atoms in total. The number of likely N-dealkylation sites (tertiary alicyclic amines) is 1. The number of piperazine rings is 1. The SMILES string of the molecule is O=c1cc(OCc2ccc(Cl)cn2)ccn1C1=Cc2ccc(CN3C[C@@H]4C[C@H]3CN4)cc2CC1. The summed E-state index contributed by atoms with van der Waals surface area (Å²) >= 11 is 5.87. The Morgan fingerprint density at radius 1 is 1.15 bits per heavy atom. The third-order valence-corrected chi connectivity index (χ3v) is 7.34. The molecule has 2 saturated heterocycles. The molecule has 4 heterocycles. The zero-order valence-electron chi connectivity index (χ0n) is 18.9. The Bertz CT molecular complexity index is 1300. The minimum atomic E-state index is -0.0921. The van der Waals surface area contributed by atoms with Gasteiger partial charge in [-0.1, -0.05) is 29.8 Å². The van der Waals surface area contributed by atoms with Gasteiger partial charge in [0.25, 0.3) is 5.56 Å². The van der Waals surface area contributed by atoms with E-state index in [2.05, 4.69) is 39.5 Å². The average molecular weight is 475 g/mol. The normalized spacial score (nSPS) is 21.4. The molecule has 0 amide bonds. The molecule has 1 N–H and O–H groups in total. The van der Waals surface area contributed by atoms with E-state index in [0.717, 1.165) is 43.9 Å². The highest BCUT2D eigenvalue weighted by molar-refractivity contribution is 6.30. The molecule has 2 atom stereocenters. The maximum Gasteiger partial charge on any atom is 0.258 e. The largest absolute Gasteiger partial charge is 0.487 e. The Kier molecular flexibility index (Phi) is 5.73. The minimum Gasteiger partial charge on any atom is -0.487 e. The van der Waals surface area contributed by atoms with Gasteiger partial charge in [0.1, 0.15) is 12.4 Å². The zero-order chi connectivity index (χ0) is 23.1. The van der Waals surface area contributed by atoms with Gasteiger partial charge in [-0.3, -0.25) is 19.2 Å². The number of rotatable bonds is 6. The molecule has 0 spiro atoms. The van der Waals surface area contributed by atoms with Crippen LogP contribution >= 0.6 is 11.6 Å². The summed E-state index contributed by atoms with van der Waals surface area (Å²) in [5, 5.41) is 4.16. The lowest BCUT2D eigenvalue weighted by atomic mass is 9.93. The molecule has 3 aliphatic rings. The number of halogens is 1. The van der Waals surface area contributed by atoms with Crippen molar-refractivity contribution in [1.82, 2.24) is 19.8 Å². The molecule has 34 heavy (non-hydrogen) atoms. The quantitative estimate of drug-likeness (QED) is 0.586. The number of aromatic nitrogens is 2. The topological polar surface area (TPSA) is 59.4 Å². The third-order valence-electron chi connectivity index (χ3n) is 7.11. The predicted molar refractivity (Wildman–Crippen MR) is 134 cm³/mol. The number of ether oxygens (including phenoxy) is 1. The van der Waals surface area contributed by atoms with Crippen molar-refractivity contribution in [3.63, 3.8) is 0 Å². The Balaban J connectivity index is 1.14. The fourth-order valence-electron chi connectivity index (χ4n) is 5.33. The molecule has 2 bridgehead atoms. The highest BCUT2D eigenvalue weighted by Gasteiger charge is 2.37. The molecule has 174 valence electrons. The fourth-order valence-corrected chi connectivity index (χ4v) is 5.44. The van der Waals surface area contributed by atoms with Gasteiger partial charge in [-0.15, -0.1) is 0 Å². The first-order valence-corrected chi connectivity index (χ1v) is 12.2. The van der Waals surface area contributed by atoms with E-state index >= 15 is 0 Å². The van der Waals surface area contributed by atoms with Crippen molar-refractivity contribution in [2.75, 3.05) is 13.1 Å². The second kappa shape index (κ2) is 9.02. The monoisotopic (exact) mass is 474 g/mol. The van der Waals surface area contributed by atoms with E-state index in [-0.39, 0.29) is 12.2 Å².